The van der Waals surface area contributed by atoms with Crippen molar-refractivity contribution in [2.45, 2.75) is 25.5 Å². The molecule has 0 amide bonds. The predicted octanol–water partition coefficient (Wildman–Crippen LogP) is 2.87. The molecule has 0 unspecified atom stereocenters. The van der Waals surface area contributed by atoms with E-state index in [4.69, 9.17) is 11.6 Å². The number of nitrogens with one attached hydrogen (secondary N) is 1. The molecule has 1 aromatic carbocycles. The summed E-state index contributed by atoms with van der Waals surface area (Å²) in [4.78, 5) is 8.71. The number of benzene rings is 1. The molecule has 1 heterocycles. The molecule has 0 bridgehead atoms. The van der Waals surface area contributed by atoms with Crippen LogP contribution in [0.25, 0.3) is 0 Å². The van der Waals surface area contributed by atoms with Crippen molar-refractivity contribution < 1.29 is 8.42 Å². The van der Waals surface area contributed by atoms with Gasteiger partial charge in [0, 0.05) is 39.8 Å². The van der Waals surface area contributed by atoms with Crippen molar-refractivity contribution in [3.63, 3.8) is 0 Å². The van der Waals surface area contributed by atoms with E-state index in [0.717, 1.165) is 42.8 Å². The quantitative estimate of drug-likeness (QED) is 0.370. The maximum Gasteiger partial charge on any atom is 0.193 e. The Morgan fingerprint density at radius 2 is 1.78 bits per heavy atom. The average Bonchev–Trinajstić information content (AvgIpc) is 2.58. The van der Waals surface area contributed by atoms with E-state index >= 15 is 0 Å². The Labute approximate surface area is 185 Å². The van der Waals surface area contributed by atoms with Crippen molar-refractivity contribution in [3.8, 4) is 0 Å². The molecule has 1 aliphatic heterocycles. The maximum atomic E-state index is 12.2. The number of anilines is 1. The van der Waals surface area contributed by atoms with Crippen molar-refractivity contribution in [1.29, 1.82) is 0 Å². The zero-order valence-electron chi connectivity index (χ0n) is 16.4. The zero-order valence-corrected chi connectivity index (χ0v) is 20.3. The van der Waals surface area contributed by atoms with Gasteiger partial charge in [0.15, 0.2) is 15.8 Å². The van der Waals surface area contributed by atoms with Crippen LogP contribution >= 0.6 is 35.6 Å². The molecule has 9 heteroatoms. The first kappa shape index (κ1) is 24.3. The standard InChI is InChI=1S/C18H29ClN4O2S.HI/c1-18(2,3)26(24,25)14-9-21-17(20-4)23-12-10-22(11-13-23)16-8-6-5-7-15(16)19;/h5-8H,9-14H2,1-4H3,(H,20,21);1H. The van der Waals surface area contributed by atoms with Gasteiger partial charge in [-0.2, -0.15) is 0 Å². The first-order chi connectivity index (χ1) is 12.2. The highest BCUT2D eigenvalue weighted by Crippen LogP contribution is 2.26. The molecule has 0 aliphatic carbocycles. The number of halogens is 2. The van der Waals surface area contributed by atoms with Gasteiger partial charge in [0.2, 0.25) is 0 Å². The zero-order chi connectivity index (χ0) is 19.4. The molecule has 0 saturated carbocycles. The van der Waals surface area contributed by atoms with Gasteiger partial charge in [-0.15, -0.1) is 24.0 Å². The summed E-state index contributed by atoms with van der Waals surface area (Å²) in [5.41, 5.74) is 1.05. The van der Waals surface area contributed by atoms with Gasteiger partial charge in [-0.3, -0.25) is 4.99 Å². The summed E-state index contributed by atoms with van der Waals surface area (Å²) in [6, 6.07) is 7.85. The Hall–Kier alpha value is -0.740. The van der Waals surface area contributed by atoms with Crippen LogP contribution in [0.2, 0.25) is 5.02 Å². The molecule has 1 saturated heterocycles. The Balaban J connectivity index is 0.00000364. The fourth-order valence-electron chi connectivity index (χ4n) is 2.80. The van der Waals surface area contributed by atoms with E-state index in [9.17, 15) is 8.42 Å². The van der Waals surface area contributed by atoms with Crippen molar-refractivity contribution in [3.05, 3.63) is 29.3 Å². The lowest BCUT2D eigenvalue weighted by molar-refractivity contribution is 0.373. The molecular weight excluding hydrogens is 499 g/mol. The van der Waals surface area contributed by atoms with Crippen molar-refractivity contribution in [2.24, 2.45) is 4.99 Å². The first-order valence-corrected chi connectivity index (χ1v) is 10.9. The lowest BCUT2D eigenvalue weighted by atomic mass is 10.2. The number of hydrogen-bond acceptors (Lipinski definition) is 4. The van der Waals surface area contributed by atoms with E-state index < -0.39 is 14.6 Å². The van der Waals surface area contributed by atoms with Gasteiger partial charge < -0.3 is 15.1 Å². The van der Waals surface area contributed by atoms with E-state index in [1.54, 1.807) is 27.8 Å². The van der Waals surface area contributed by atoms with Crippen LogP contribution in [0.1, 0.15) is 20.8 Å². The van der Waals surface area contributed by atoms with E-state index in [2.05, 4.69) is 20.1 Å². The molecule has 2 rings (SSSR count). The number of guanidine groups is 1. The fraction of sp³-hybridized carbons (Fsp3) is 0.611. The Morgan fingerprint density at radius 1 is 1.19 bits per heavy atom. The average molecular weight is 529 g/mol. The summed E-state index contributed by atoms with van der Waals surface area (Å²) in [5.74, 6) is 0.836. The minimum Gasteiger partial charge on any atom is -0.367 e. The van der Waals surface area contributed by atoms with Crippen molar-refractivity contribution >= 4 is 57.1 Å². The second-order valence-electron chi connectivity index (χ2n) is 7.33. The van der Waals surface area contributed by atoms with Gasteiger partial charge in [0.05, 0.1) is 21.2 Å². The van der Waals surface area contributed by atoms with Crippen LogP contribution in [-0.4, -0.2) is 69.5 Å². The molecule has 1 fully saturated rings. The Bertz CT molecular complexity index is 742. The number of hydrogen-bond donors (Lipinski definition) is 1. The molecule has 1 N–H and O–H groups in total. The summed E-state index contributed by atoms with van der Waals surface area (Å²) in [6.45, 7) is 8.82. The smallest absolute Gasteiger partial charge is 0.193 e. The van der Waals surface area contributed by atoms with E-state index in [1.165, 1.54) is 0 Å². The predicted molar refractivity (Wildman–Crippen MR) is 126 cm³/mol. The molecule has 27 heavy (non-hydrogen) atoms. The third-order valence-electron chi connectivity index (χ3n) is 4.57. The van der Waals surface area contributed by atoms with Crippen LogP contribution in [0, 0.1) is 0 Å². The lowest BCUT2D eigenvalue weighted by Gasteiger charge is -2.38. The molecule has 154 valence electrons. The summed E-state index contributed by atoms with van der Waals surface area (Å²) in [5, 5.41) is 3.95. The number of piperazine rings is 1. The van der Waals surface area contributed by atoms with Crippen LogP contribution in [-0.2, 0) is 9.84 Å². The second kappa shape index (κ2) is 10.2. The maximum absolute atomic E-state index is 12.2. The van der Waals surface area contributed by atoms with E-state index in [-0.39, 0.29) is 29.7 Å². The highest BCUT2D eigenvalue weighted by Gasteiger charge is 2.28. The molecule has 0 spiro atoms. The van der Waals surface area contributed by atoms with Crippen molar-refractivity contribution in [2.75, 3.05) is 50.4 Å². The number of para-hydroxylation sites is 1. The summed E-state index contributed by atoms with van der Waals surface area (Å²) in [6.07, 6.45) is 0. The van der Waals surface area contributed by atoms with Gasteiger partial charge in [-0.1, -0.05) is 23.7 Å². The van der Waals surface area contributed by atoms with Crippen LogP contribution in [0.4, 0.5) is 5.69 Å². The number of rotatable bonds is 4. The third-order valence-corrected chi connectivity index (χ3v) is 7.50. The van der Waals surface area contributed by atoms with Crippen LogP contribution in [0.3, 0.4) is 0 Å². The Kier molecular flexibility index (Phi) is 9.14. The van der Waals surface area contributed by atoms with Gasteiger partial charge in [0.1, 0.15) is 0 Å². The molecule has 0 atom stereocenters. The van der Waals surface area contributed by atoms with Gasteiger partial charge in [-0.05, 0) is 32.9 Å². The number of nitrogens with zero attached hydrogens (tertiary/aromatic N) is 3. The normalized spacial score (nSPS) is 16.1. The molecule has 0 aromatic heterocycles. The van der Waals surface area contributed by atoms with Gasteiger partial charge >= 0.3 is 0 Å². The first-order valence-electron chi connectivity index (χ1n) is 8.83. The topological polar surface area (TPSA) is 65.0 Å². The lowest BCUT2D eigenvalue weighted by Crippen LogP contribution is -2.53. The van der Waals surface area contributed by atoms with Crippen molar-refractivity contribution in [1.82, 2.24) is 10.2 Å². The Morgan fingerprint density at radius 3 is 2.30 bits per heavy atom. The summed E-state index contributed by atoms with van der Waals surface area (Å²) >= 11 is 6.28. The molecular formula is C18H30ClIN4O2S. The SMILES string of the molecule is CN=C(NCCS(=O)(=O)C(C)(C)C)N1CCN(c2ccccc2Cl)CC1.I. The van der Waals surface area contributed by atoms with Crippen LogP contribution < -0.4 is 10.2 Å². The van der Waals surface area contributed by atoms with Crippen LogP contribution in [0.5, 0.6) is 0 Å². The number of sulfone groups is 1. The minimum atomic E-state index is -3.14. The molecule has 1 aliphatic rings. The fourth-order valence-corrected chi connectivity index (χ4v) is 4.04. The third kappa shape index (κ3) is 6.39. The summed E-state index contributed by atoms with van der Waals surface area (Å²) < 4.78 is 23.7. The number of aliphatic imine (C=N–C) groups is 1. The summed E-state index contributed by atoms with van der Waals surface area (Å²) in [7, 11) is -1.42. The van der Waals surface area contributed by atoms with Gasteiger partial charge in [-0.25, -0.2) is 8.42 Å². The molecule has 0 radical (unpaired) electrons. The van der Waals surface area contributed by atoms with Crippen LogP contribution in [0.15, 0.2) is 29.3 Å². The second-order valence-corrected chi connectivity index (χ2v) is 10.6. The largest absolute Gasteiger partial charge is 0.367 e. The molecule has 1 aromatic rings. The highest BCUT2D eigenvalue weighted by molar-refractivity contribution is 14.0. The van der Waals surface area contributed by atoms with Gasteiger partial charge in [0.25, 0.3) is 0 Å². The minimum absolute atomic E-state index is 0. The van der Waals surface area contributed by atoms with E-state index in [1.807, 2.05) is 24.3 Å². The molecule has 6 nitrogen and oxygen atoms in total. The van der Waals surface area contributed by atoms with E-state index in [0.29, 0.717) is 6.54 Å². The monoisotopic (exact) mass is 528 g/mol. The highest BCUT2D eigenvalue weighted by atomic mass is 127.